The number of nitrogens with zero attached hydrogens (tertiary/aromatic N) is 1. The molecule has 0 aromatic heterocycles. The minimum absolute atomic E-state index is 0.207. The van der Waals surface area contributed by atoms with Crippen molar-refractivity contribution in [3.8, 4) is 0 Å². The molecule has 1 aliphatic rings. The van der Waals surface area contributed by atoms with Gasteiger partial charge in [-0.3, -0.25) is 0 Å². The van der Waals surface area contributed by atoms with Crippen LogP contribution < -0.4 is 16.0 Å². The van der Waals surface area contributed by atoms with Gasteiger partial charge in [0.2, 0.25) is 0 Å². The second-order valence-electron chi connectivity index (χ2n) is 6.87. The fourth-order valence-corrected chi connectivity index (χ4v) is 2.76. The third-order valence-corrected chi connectivity index (χ3v) is 3.84. The second-order valence-corrected chi connectivity index (χ2v) is 6.87. The molecule has 0 amide bonds. The number of anilines is 2. The molecule has 1 heterocycles. The van der Waals surface area contributed by atoms with E-state index in [1.807, 2.05) is 0 Å². The van der Waals surface area contributed by atoms with Gasteiger partial charge in [0.05, 0.1) is 11.4 Å². The lowest BCUT2D eigenvalue weighted by atomic mass is 10.1. The molecule has 0 spiro atoms. The molecule has 20 heavy (non-hydrogen) atoms. The molecular formula is C17H29N3. The molecule has 0 bridgehead atoms. The molecule has 1 saturated heterocycles. The van der Waals surface area contributed by atoms with Crippen molar-refractivity contribution >= 4 is 11.4 Å². The molecule has 1 aromatic carbocycles. The second kappa shape index (κ2) is 6.49. The van der Waals surface area contributed by atoms with E-state index >= 15 is 0 Å². The van der Waals surface area contributed by atoms with Gasteiger partial charge in [-0.25, -0.2) is 0 Å². The van der Waals surface area contributed by atoms with E-state index in [-0.39, 0.29) is 5.54 Å². The topological polar surface area (TPSA) is 41.3 Å². The van der Waals surface area contributed by atoms with E-state index in [1.165, 1.54) is 24.1 Å². The van der Waals surface area contributed by atoms with Crippen molar-refractivity contribution in [1.29, 1.82) is 0 Å². The Morgan fingerprint density at radius 1 is 1.20 bits per heavy atom. The average Bonchev–Trinajstić information content (AvgIpc) is 2.87. The molecule has 3 N–H and O–H groups in total. The zero-order valence-corrected chi connectivity index (χ0v) is 13.2. The summed E-state index contributed by atoms with van der Waals surface area (Å²) in [6.07, 6.45) is 4.83. The maximum atomic E-state index is 6.22. The van der Waals surface area contributed by atoms with E-state index in [0.29, 0.717) is 0 Å². The lowest BCUT2D eigenvalue weighted by Crippen LogP contribution is -2.36. The Morgan fingerprint density at radius 2 is 1.90 bits per heavy atom. The highest BCUT2D eigenvalue weighted by Crippen LogP contribution is 2.27. The summed E-state index contributed by atoms with van der Waals surface area (Å²) in [5.41, 5.74) is 9.93. The van der Waals surface area contributed by atoms with Gasteiger partial charge in [0.15, 0.2) is 0 Å². The Bertz CT molecular complexity index is 428. The van der Waals surface area contributed by atoms with Crippen LogP contribution >= 0.6 is 0 Å². The van der Waals surface area contributed by atoms with Crippen molar-refractivity contribution < 1.29 is 0 Å². The summed E-state index contributed by atoms with van der Waals surface area (Å²) in [7, 11) is 0. The number of nitrogens with one attached hydrogen (secondary N) is 1. The monoisotopic (exact) mass is 275 g/mol. The fourth-order valence-electron chi connectivity index (χ4n) is 2.76. The zero-order valence-electron chi connectivity index (χ0n) is 13.2. The first-order valence-corrected chi connectivity index (χ1v) is 7.84. The van der Waals surface area contributed by atoms with Crippen molar-refractivity contribution in [2.45, 2.75) is 52.0 Å². The summed E-state index contributed by atoms with van der Waals surface area (Å²) in [5, 5.41) is 3.52. The smallest absolute Gasteiger partial charge is 0.0600 e. The third-order valence-electron chi connectivity index (χ3n) is 3.84. The standard InChI is InChI=1S/C17H29N3/c1-17(2,3)19-10-6-7-14-8-9-16(15(18)13-14)20-11-4-5-12-20/h8-9,13,19H,4-7,10-12,18H2,1-3H3. The number of nitrogen functional groups attached to an aromatic ring is 1. The van der Waals surface area contributed by atoms with Crippen LogP contribution in [0.15, 0.2) is 18.2 Å². The summed E-state index contributed by atoms with van der Waals surface area (Å²) in [4.78, 5) is 2.40. The number of rotatable bonds is 5. The van der Waals surface area contributed by atoms with Gasteiger partial charge in [-0.15, -0.1) is 0 Å². The molecule has 1 fully saturated rings. The lowest BCUT2D eigenvalue weighted by molar-refractivity contribution is 0.422. The highest BCUT2D eigenvalue weighted by Gasteiger charge is 2.14. The first-order chi connectivity index (χ1) is 9.46. The van der Waals surface area contributed by atoms with Crippen molar-refractivity contribution in [2.24, 2.45) is 0 Å². The van der Waals surface area contributed by atoms with Crippen LogP contribution in [-0.2, 0) is 6.42 Å². The zero-order chi connectivity index (χ0) is 14.6. The minimum Gasteiger partial charge on any atom is -0.397 e. The molecular weight excluding hydrogens is 246 g/mol. The first kappa shape index (κ1) is 15.2. The number of aryl methyl sites for hydroxylation is 1. The maximum Gasteiger partial charge on any atom is 0.0600 e. The van der Waals surface area contributed by atoms with Crippen LogP contribution in [0.1, 0.15) is 45.6 Å². The Hall–Kier alpha value is -1.22. The minimum atomic E-state index is 0.207. The van der Waals surface area contributed by atoms with E-state index in [1.54, 1.807) is 0 Å². The molecule has 2 rings (SSSR count). The van der Waals surface area contributed by atoms with Crippen molar-refractivity contribution in [1.82, 2.24) is 5.32 Å². The van der Waals surface area contributed by atoms with Crippen LogP contribution in [-0.4, -0.2) is 25.2 Å². The van der Waals surface area contributed by atoms with Crippen molar-refractivity contribution in [2.75, 3.05) is 30.3 Å². The molecule has 3 nitrogen and oxygen atoms in total. The molecule has 0 atom stereocenters. The summed E-state index contributed by atoms with van der Waals surface area (Å²) in [6.45, 7) is 9.97. The largest absolute Gasteiger partial charge is 0.397 e. The van der Waals surface area contributed by atoms with Crippen LogP contribution in [0.4, 0.5) is 11.4 Å². The van der Waals surface area contributed by atoms with Gasteiger partial charge in [-0.05, 0) is 70.7 Å². The third kappa shape index (κ3) is 4.41. The Morgan fingerprint density at radius 3 is 2.50 bits per heavy atom. The number of hydrogen-bond acceptors (Lipinski definition) is 3. The van der Waals surface area contributed by atoms with Crippen LogP contribution in [0.25, 0.3) is 0 Å². The highest BCUT2D eigenvalue weighted by atomic mass is 15.1. The summed E-state index contributed by atoms with van der Waals surface area (Å²) >= 11 is 0. The van der Waals surface area contributed by atoms with E-state index in [4.69, 9.17) is 5.73 Å². The van der Waals surface area contributed by atoms with Gasteiger partial charge in [0, 0.05) is 18.6 Å². The van der Waals surface area contributed by atoms with E-state index < -0.39 is 0 Å². The molecule has 3 heteroatoms. The predicted molar refractivity (Wildman–Crippen MR) is 88.4 cm³/mol. The van der Waals surface area contributed by atoms with Gasteiger partial charge < -0.3 is 16.0 Å². The molecule has 0 unspecified atom stereocenters. The van der Waals surface area contributed by atoms with Crippen LogP contribution in [0, 0.1) is 0 Å². The Kier molecular flexibility index (Phi) is 4.92. The number of benzene rings is 1. The Labute approximate surface area is 123 Å². The van der Waals surface area contributed by atoms with Gasteiger partial charge in [0.1, 0.15) is 0 Å². The molecule has 1 aliphatic heterocycles. The average molecular weight is 275 g/mol. The molecule has 0 aliphatic carbocycles. The van der Waals surface area contributed by atoms with E-state index in [0.717, 1.165) is 38.2 Å². The van der Waals surface area contributed by atoms with Gasteiger partial charge in [-0.1, -0.05) is 6.07 Å². The molecule has 112 valence electrons. The summed E-state index contributed by atoms with van der Waals surface area (Å²) in [6, 6.07) is 6.60. The molecule has 0 saturated carbocycles. The van der Waals surface area contributed by atoms with E-state index in [2.05, 4.69) is 49.2 Å². The number of nitrogens with two attached hydrogens (primary N) is 1. The Balaban J connectivity index is 1.85. The lowest BCUT2D eigenvalue weighted by Gasteiger charge is -2.21. The number of hydrogen-bond donors (Lipinski definition) is 2. The van der Waals surface area contributed by atoms with Crippen molar-refractivity contribution in [3.05, 3.63) is 23.8 Å². The summed E-state index contributed by atoms with van der Waals surface area (Å²) in [5.74, 6) is 0. The molecule has 0 radical (unpaired) electrons. The maximum absolute atomic E-state index is 6.22. The van der Waals surface area contributed by atoms with Crippen molar-refractivity contribution in [3.63, 3.8) is 0 Å². The quantitative estimate of drug-likeness (QED) is 0.640. The van der Waals surface area contributed by atoms with E-state index in [9.17, 15) is 0 Å². The molecule has 1 aromatic rings. The van der Waals surface area contributed by atoms with Crippen LogP contribution in [0.5, 0.6) is 0 Å². The predicted octanol–water partition coefficient (Wildman–Crippen LogP) is 3.19. The normalized spacial score (nSPS) is 15.8. The first-order valence-electron chi connectivity index (χ1n) is 7.84. The van der Waals surface area contributed by atoms with Crippen LogP contribution in [0.3, 0.4) is 0 Å². The fraction of sp³-hybridized carbons (Fsp3) is 0.647. The SMILES string of the molecule is CC(C)(C)NCCCc1ccc(N2CCCC2)c(N)c1. The van der Waals surface area contributed by atoms with Crippen LogP contribution in [0.2, 0.25) is 0 Å². The van der Waals surface area contributed by atoms with Gasteiger partial charge in [0.25, 0.3) is 0 Å². The van der Waals surface area contributed by atoms with Gasteiger partial charge >= 0.3 is 0 Å². The van der Waals surface area contributed by atoms with Gasteiger partial charge in [-0.2, -0.15) is 0 Å². The summed E-state index contributed by atoms with van der Waals surface area (Å²) < 4.78 is 0. The highest BCUT2D eigenvalue weighted by molar-refractivity contribution is 5.68.